The number of hydrogen-bond donors (Lipinski definition) is 1. The zero-order valence-corrected chi connectivity index (χ0v) is 22.9. The quantitative estimate of drug-likeness (QED) is 0.400. The van der Waals surface area contributed by atoms with E-state index in [0.717, 1.165) is 36.4 Å². The van der Waals surface area contributed by atoms with Crippen LogP contribution in [0.15, 0.2) is 35.5 Å². The molecule has 1 aromatic carbocycles. The van der Waals surface area contributed by atoms with Gasteiger partial charge in [-0.25, -0.2) is 9.48 Å². The van der Waals surface area contributed by atoms with Crippen molar-refractivity contribution >= 4 is 23.6 Å². The molecule has 1 N–H and O–H groups in total. The molecule has 0 spiro atoms. The third kappa shape index (κ3) is 5.34. The largest absolute Gasteiger partial charge is 0.465 e. The number of rotatable bonds is 8. The van der Waals surface area contributed by atoms with E-state index < -0.39 is 18.2 Å². The third-order valence-corrected chi connectivity index (χ3v) is 10.6. The number of nitrogens with zero attached hydrogens (tertiary/aromatic N) is 2. The summed E-state index contributed by atoms with van der Waals surface area (Å²) in [5.41, 5.74) is 1.01. The topological polar surface area (TPSA) is 82.5 Å². The Balaban J connectivity index is 1.25. The van der Waals surface area contributed by atoms with Gasteiger partial charge in [0.25, 0.3) is 5.91 Å². The van der Waals surface area contributed by atoms with Gasteiger partial charge in [-0.3, -0.25) is 4.79 Å². The zero-order chi connectivity index (χ0) is 27.1. The second kappa shape index (κ2) is 10.8. The van der Waals surface area contributed by atoms with Crippen LogP contribution >= 0.6 is 11.8 Å². The number of thioether (sulfide) groups is 1. The molecule has 2 atom stereocenters. The summed E-state index contributed by atoms with van der Waals surface area (Å²) in [4.78, 5) is 25.7. The Morgan fingerprint density at radius 3 is 2.41 bits per heavy atom. The number of methoxy groups -OCH3 is 1. The van der Waals surface area contributed by atoms with Gasteiger partial charge in [-0.2, -0.15) is 13.9 Å². The number of hydrogen-bond acceptors (Lipinski definition) is 6. The highest BCUT2D eigenvalue weighted by Crippen LogP contribution is 2.57. The minimum absolute atomic E-state index is 0.0429. The molecule has 39 heavy (non-hydrogen) atoms. The summed E-state index contributed by atoms with van der Waals surface area (Å²) in [5, 5.41) is 9.13. The Kier molecular flexibility index (Phi) is 7.43. The van der Waals surface area contributed by atoms with E-state index in [0.29, 0.717) is 41.6 Å². The molecule has 2 unspecified atom stereocenters. The van der Waals surface area contributed by atoms with Crippen molar-refractivity contribution in [3.8, 4) is 5.69 Å². The van der Waals surface area contributed by atoms with E-state index in [9.17, 15) is 18.4 Å². The minimum atomic E-state index is -2.76. The maximum atomic E-state index is 13.8. The van der Waals surface area contributed by atoms with Crippen molar-refractivity contribution in [2.24, 2.45) is 17.8 Å². The smallest absolute Gasteiger partial charge is 0.345 e. The summed E-state index contributed by atoms with van der Waals surface area (Å²) in [6, 6.07) is 6.98. The number of aromatic nitrogens is 2. The SMILES string of the molecule is COC(=O)c1ccc(-n2ncc(C(=O)NC3C4CC5CC3CC(OC(F)F)(C5)C4)c2SC2CCCCC2)cc1. The molecule has 2 aromatic rings. The average Bonchev–Trinajstić information content (AvgIpc) is 3.33. The van der Waals surface area contributed by atoms with E-state index in [1.165, 1.54) is 26.4 Å². The molecular weight excluding hydrogens is 524 g/mol. The Morgan fingerprint density at radius 2 is 1.77 bits per heavy atom. The van der Waals surface area contributed by atoms with Crippen LogP contribution in [0.5, 0.6) is 0 Å². The predicted molar refractivity (Wildman–Crippen MR) is 142 cm³/mol. The number of carbonyl (C=O) groups is 2. The molecular formula is C29H35F2N3O4S. The van der Waals surface area contributed by atoms with Crippen LogP contribution < -0.4 is 5.32 Å². The number of esters is 1. The molecule has 7 rings (SSSR count). The van der Waals surface area contributed by atoms with E-state index in [-0.39, 0.29) is 23.8 Å². The fraction of sp³-hybridized carbons (Fsp3) is 0.621. The first-order valence-electron chi connectivity index (χ1n) is 14.0. The maximum Gasteiger partial charge on any atom is 0.345 e. The number of ether oxygens (including phenoxy) is 2. The minimum Gasteiger partial charge on any atom is -0.465 e. The summed E-state index contributed by atoms with van der Waals surface area (Å²) in [6.07, 6.45) is 11.2. The summed E-state index contributed by atoms with van der Waals surface area (Å²) in [5.74, 6) is 0.119. The molecule has 5 aliphatic carbocycles. The van der Waals surface area contributed by atoms with E-state index in [4.69, 9.17) is 9.47 Å². The van der Waals surface area contributed by atoms with Crippen LogP contribution in [0.3, 0.4) is 0 Å². The molecule has 5 aliphatic rings. The van der Waals surface area contributed by atoms with Crippen molar-refractivity contribution in [1.82, 2.24) is 15.1 Å². The molecule has 1 heterocycles. The van der Waals surface area contributed by atoms with Gasteiger partial charge >= 0.3 is 12.6 Å². The van der Waals surface area contributed by atoms with Crippen molar-refractivity contribution in [2.45, 2.75) is 92.7 Å². The third-order valence-electron chi connectivity index (χ3n) is 9.19. The monoisotopic (exact) mass is 559 g/mol. The molecule has 4 bridgehead atoms. The van der Waals surface area contributed by atoms with Gasteiger partial charge in [0.1, 0.15) is 5.03 Å². The molecule has 0 radical (unpaired) electrons. The molecule has 10 heteroatoms. The molecule has 1 amide bonds. The summed E-state index contributed by atoms with van der Waals surface area (Å²) >= 11 is 1.70. The Labute approximate surface area is 231 Å². The number of amides is 1. The molecule has 1 aromatic heterocycles. The van der Waals surface area contributed by atoms with E-state index in [1.54, 1.807) is 34.8 Å². The van der Waals surface area contributed by atoms with Gasteiger partial charge in [-0.1, -0.05) is 19.3 Å². The predicted octanol–water partition coefficient (Wildman–Crippen LogP) is 6.00. The lowest BCUT2D eigenvalue weighted by Gasteiger charge is -2.59. The second-order valence-electron chi connectivity index (χ2n) is 11.7. The average molecular weight is 560 g/mol. The van der Waals surface area contributed by atoms with Crippen molar-refractivity contribution in [1.29, 1.82) is 0 Å². The van der Waals surface area contributed by atoms with Gasteiger partial charge < -0.3 is 14.8 Å². The highest BCUT2D eigenvalue weighted by molar-refractivity contribution is 8.00. The van der Waals surface area contributed by atoms with Crippen molar-refractivity contribution in [3.05, 3.63) is 41.6 Å². The molecule has 210 valence electrons. The van der Waals surface area contributed by atoms with Gasteiger partial charge in [0.05, 0.1) is 35.7 Å². The van der Waals surface area contributed by atoms with Crippen LogP contribution in [-0.4, -0.2) is 52.3 Å². The first-order valence-corrected chi connectivity index (χ1v) is 14.9. The first kappa shape index (κ1) is 26.7. The van der Waals surface area contributed by atoms with Crippen molar-refractivity contribution in [2.75, 3.05) is 7.11 Å². The number of benzene rings is 1. The number of carbonyl (C=O) groups excluding carboxylic acids is 2. The fourth-order valence-electron chi connectivity index (χ4n) is 7.74. The number of alkyl halides is 2. The van der Waals surface area contributed by atoms with Gasteiger partial charge in [-0.05, 0) is 87.0 Å². The zero-order valence-electron chi connectivity index (χ0n) is 22.1. The van der Waals surface area contributed by atoms with Gasteiger partial charge in [0.15, 0.2) is 0 Å². The van der Waals surface area contributed by atoms with Gasteiger partial charge in [-0.15, -0.1) is 11.8 Å². The molecule has 5 saturated carbocycles. The maximum absolute atomic E-state index is 13.8. The fourth-order valence-corrected chi connectivity index (χ4v) is 9.15. The van der Waals surface area contributed by atoms with Gasteiger partial charge in [0, 0.05) is 11.3 Å². The lowest BCUT2D eigenvalue weighted by Crippen LogP contribution is -2.62. The summed E-state index contributed by atoms with van der Waals surface area (Å²) < 4.78 is 38.2. The summed E-state index contributed by atoms with van der Waals surface area (Å²) in [7, 11) is 1.35. The highest BCUT2D eigenvalue weighted by atomic mass is 32.2. The molecule has 0 saturated heterocycles. The van der Waals surface area contributed by atoms with E-state index >= 15 is 0 Å². The van der Waals surface area contributed by atoms with Crippen LogP contribution in [0.25, 0.3) is 5.69 Å². The Hall–Kier alpha value is -2.46. The molecule has 0 aliphatic heterocycles. The van der Waals surface area contributed by atoms with Crippen molar-refractivity contribution < 1.29 is 27.8 Å². The molecule has 5 fully saturated rings. The van der Waals surface area contributed by atoms with Gasteiger partial charge in [0.2, 0.25) is 0 Å². The first-order chi connectivity index (χ1) is 18.8. The number of halogens is 2. The van der Waals surface area contributed by atoms with E-state index in [2.05, 4.69) is 10.4 Å². The van der Waals surface area contributed by atoms with Crippen LogP contribution in [0, 0.1) is 17.8 Å². The van der Waals surface area contributed by atoms with Crippen LogP contribution in [-0.2, 0) is 9.47 Å². The van der Waals surface area contributed by atoms with E-state index in [1.807, 2.05) is 12.1 Å². The standard InChI is InChI=1S/C29H35F2N3O4S/c1-37-27(36)18-7-9-21(10-8-18)34-26(39-22-5-3-2-4-6-22)23(16-32-34)25(35)33-24-19-11-17-12-20(24)15-29(13-17,14-19)38-28(30)31/h7-10,16-17,19-20,22,24,28H,2-6,11-15H2,1H3,(H,33,35). The van der Waals surface area contributed by atoms with Crippen LogP contribution in [0.2, 0.25) is 0 Å². The lowest BCUT2D eigenvalue weighted by atomic mass is 9.52. The van der Waals surface area contributed by atoms with Crippen molar-refractivity contribution in [3.63, 3.8) is 0 Å². The Bertz CT molecular complexity index is 1190. The van der Waals surface area contributed by atoms with Crippen LogP contribution in [0.1, 0.15) is 84.9 Å². The second-order valence-corrected chi connectivity index (χ2v) is 13.0. The normalized spacial score (nSPS) is 30.1. The Morgan fingerprint density at radius 1 is 1.08 bits per heavy atom. The lowest BCUT2D eigenvalue weighted by molar-refractivity contribution is -0.260. The highest BCUT2D eigenvalue weighted by Gasteiger charge is 2.57. The number of nitrogens with one attached hydrogen (secondary N) is 1. The van der Waals surface area contributed by atoms with Crippen LogP contribution in [0.4, 0.5) is 8.78 Å². The summed E-state index contributed by atoms with van der Waals surface area (Å²) in [6.45, 7) is -2.76. The molecule has 7 nitrogen and oxygen atoms in total.